The third-order valence-corrected chi connectivity index (χ3v) is 6.05. The van der Waals surface area contributed by atoms with E-state index in [0.717, 1.165) is 17.0 Å². The molecule has 0 saturated carbocycles. The minimum atomic E-state index is -0.299. The summed E-state index contributed by atoms with van der Waals surface area (Å²) in [6.45, 7) is 2.52. The maximum Gasteiger partial charge on any atom is 0.250 e. The number of hydrazone groups is 1. The first-order valence-electron chi connectivity index (χ1n) is 11.4. The Morgan fingerprint density at radius 3 is 2.62 bits per heavy atom. The van der Waals surface area contributed by atoms with Crippen LogP contribution in [0.15, 0.2) is 77.2 Å². The summed E-state index contributed by atoms with van der Waals surface area (Å²) in [7, 11) is 3.11. The van der Waals surface area contributed by atoms with Gasteiger partial charge in [-0.25, -0.2) is 5.43 Å². The van der Waals surface area contributed by atoms with Gasteiger partial charge in [0.15, 0.2) is 22.5 Å². The molecule has 0 aliphatic heterocycles. The number of rotatable bonds is 11. The number of hydrogen-bond donors (Lipinski definition) is 1. The van der Waals surface area contributed by atoms with Crippen LogP contribution in [0.1, 0.15) is 12.5 Å². The van der Waals surface area contributed by atoms with Crippen LogP contribution in [0.25, 0.3) is 17.1 Å². The van der Waals surface area contributed by atoms with Crippen LogP contribution in [0.2, 0.25) is 0 Å². The van der Waals surface area contributed by atoms with E-state index in [9.17, 15) is 4.79 Å². The van der Waals surface area contributed by atoms with Gasteiger partial charge >= 0.3 is 0 Å². The number of methoxy groups -OCH3 is 2. The number of carbonyl (C=O) groups is 1. The van der Waals surface area contributed by atoms with Crippen molar-refractivity contribution in [3.8, 4) is 34.3 Å². The van der Waals surface area contributed by atoms with Crippen LogP contribution in [0.3, 0.4) is 0 Å². The van der Waals surface area contributed by atoms with Crippen molar-refractivity contribution in [1.82, 2.24) is 25.2 Å². The number of nitrogens with zero attached hydrogens (tertiary/aromatic N) is 5. The van der Waals surface area contributed by atoms with Crippen LogP contribution in [-0.4, -0.2) is 58.4 Å². The monoisotopic (exact) mass is 518 g/mol. The zero-order chi connectivity index (χ0) is 26.0. The molecule has 0 radical (unpaired) electrons. The molecule has 190 valence electrons. The highest BCUT2D eigenvalue weighted by Crippen LogP contribution is 2.30. The van der Waals surface area contributed by atoms with Crippen molar-refractivity contribution in [1.29, 1.82) is 0 Å². The first kappa shape index (κ1) is 25.7. The first-order valence-corrected chi connectivity index (χ1v) is 12.4. The Balaban J connectivity index is 1.50. The van der Waals surface area contributed by atoms with Crippen molar-refractivity contribution < 1.29 is 19.0 Å². The average molecular weight is 519 g/mol. The predicted molar refractivity (Wildman–Crippen MR) is 142 cm³/mol. The topological polar surface area (TPSA) is 113 Å². The lowest BCUT2D eigenvalue weighted by Crippen LogP contribution is -2.20. The van der Waals surface area contributed by atoms with Crippen molar-refractivity contribution in [3.05, 3.63) is 72.6 Å². The Bertz CT molecular complexity index is 1360. The van der Waals surface area contributed by atoms with Crippen LogP contribution in [0, 0.1) is 0 Å². The fourth-order valence-electron chi connectivity index (χ4n) is 3.49. The summed E-state index contributed by atoms with van der Waals surface area (Å²) in [5.74, 6) is 2.27. The van der Waals surface area contributed by atoms with E-state index >= 15 is 0 Å². The maximum absolute atomic E-state index is 12.5. The molecule has 0 unspecified atom stereocenters. The molecule has 0 saturated heterocycles. The lowest BCUT2D eigenvalue weighted by molar-refractivity contribution is -0.118. The van der Waals surface area contributed by atoms with Gasteiger partial charge in [0.2, 0.25) is 0 Å². The summed E-state index contributed by atoms with van der Waals surface area (Å²) < 4.78 is 18.1. The molecule has 0 atom stereocenters. The van der Waals surface area contributed by atoms with Gasteiger partial charge in [-0.1, -0.05) is 17.8 Å². The molecule has 1 N–H and O–H groups in total. The van der Waals surface area contributed by atoms with Crippen LogP contribution in [0.5, 0.6) is 17.2 Å². The number of carbonyl (C=O) groups excluding carboxylic acids is 1. The van der Waals surface area contributed by atoms with E-state index in [-0.39, 0.29) is 11.7 Å². The Morgan fingerprint density at radius 1 is 1.08 bits per heavy atom. The van der Waals surface area contributed by atoms with Gasteiger partial charge in [0.1, 0.15) is 5.75 Å². The predicted octanol–water partition coefficient (Wildman–Crippen LogP) is 3.99. The molecule has 1 amide bonds. The first-order chi connectivity index (χ1) is 18.1. The van der Waals surface area contributed by atoms with Gasteiger partial charge in [-0.2, -0.15) is 5.10 Å². The number of nitrogens with one attached hydrogen (secondary N) is 1. The van der Waals surface area contributed by atoms with Crippen molar-refractivity contribution in [2.45, 2.75) is 12.1 Å². The molecule has 2 aromatic heterocycles. The molecule has 2 heterocycles. The number of thioether (sulfide) groups is 1. The molecular formula is C26H26N6O4S. The van der Waals surface area contributed by atoms with Gasteiger partial charge in [0, 0.05) is 29.2 Å². The Morgan fingerprint density at radius 2 is 1.92 bits per heavy atom. The third-order valence-electron chi connectivity index (χ3n) is 5.12. The Labute approximate surface area is 218 Å². The molecule has 4 aromatic rings. The number of aromatic nitrogens is 4. The lowest BCUT2D eigenvalue weighted by atomic mass is 10.2. The largest absolute Gasteiger partial charge is 0.494 e. The van der Waals surface area contributed by atoms with Crippen LogP contribution < -0.4 is 19.6 Å². The highest BCUT2D eigenvalue weighted by atomic mass is 32.2. The molecule has 0 fully saturated rings. The van der Waals surface area contributed by atoms with Crippen LogP contribution >= 0.6 is 11.8 Å². The van der Waals surface area contributed by atoms with Gasteiger partial charge in [0.05, 0.1) is 32.8 Å². The summed E-state index contributed by atoms with van der Waals surface area (Å²) in [6, 6.07) is 16.8. The van der Waals surface area contributed by atoms with Crippen LogP contribution in [-0.2, 0) is 4.79 Å². The third kappa shape index (κ3) is 6.25. The molecule has 10 nitrogen and oxygen atoms in total. The van der Waals surface area contributed by atoms with E-state index < -0.39 is 0 Å². The normalized spacial score (nSPS) is 10.9. The van der Waals surface area contributed by atoms with E-state index in [2.05, 4.69) is 25.7 Å². The molecular weight excluding hydrogens is 492 g/mol. The summed E-state index contributed by atoms with van der Waals surface area (Å²) >= 11 is 1.25. The molecule has 11 heteroatoms. The number of benzene rings is 2. The quantitative estimate of drug-likeness (QED) is 0.180. The summed E-state index contributed by atoms with van der Waals surface area (Å²) in [4.78, 5) is 16.7. The van der Waals surface area contributed by atoms with Crippen molar-refractivity contribution in [2.75, 3.05) is 26.6 Å². The number of pyridine rings is 1. The van der Waals surface area contributed by atoms with E-state index in [1.165, 1.54) is 18.0 Å². The van der Waals surface area contributed by atoms with Gasteiger partial charge < -0.3 is 14.2 Å². The SMILES string of the molecule is CCOc1ccc(-n2c(SCC(=O)N/N=C/c3cccc(OC)c3OC)nnc2-c2cccnc2)cc1. The smallest absolute Gasteiger partial charge is 0.250 e. The van der Waals surface area contributed by atoms with E-state index in [1.807, 2.05) is 60.0 Å². The molecule has 0 spiro atoms. The zero-order valence-electron chi connectivity index (χ0n) is 20.6. The molecule has 0 aliphatic carbocycles. The average Bonchev–Trinajstić information content (AvgIpc) is 3.36. The Kier molecular flexibility index (Phi) is 8.71. The molecule has 2 aromatic carbocycles. The summed E-state index contributed by atoms with van der Waals surface area (Å²) in [6.07, 6.45) is 4.92. The van der Waals surface area contributed by atoms with E-state index in [0.29, 0.717) is 34.7 Å². The minimum Gasteiger partial charge on any atom is -0.494 e. The van der Waals surface area contributed by atoms with Gasteiger partial charge in [-0.3, -0.25) is 14.3 Å². The molecule has 0 aliphatic rings. The van der Waals surface area contributed by atoms with Gasteiger partial charge in [0.25, 0.3) is 5.91 Å². The van der Waals surface area contributed by atoms with Gasteiger partial charge in [-0.15, -0.1) is 10.2 Å². The second-order valence-corrected chi connectivity index (χ2v) is 8.42. The highest BCUT2D eigenvalue weighted by Gasteiger charge is 2.17. The second kappa shape index (κ2) is 12.5. The fourth-order valence-corrected chi connectivity index (χ4v) is 4.23. The number of hydrogen-bond acceptors (Lipinski definition) is 9. The molecule has 4 rings (SSSR count). The standard InChI is InChI=1S/C26H26N6O4S/c1-4-36-21-12-10-20(11-13-21)32-25(19-8-6-14-27-15-19)30-31-26(32)37-17-23(33)29-28-16-18-7-5-9-22(34-2)24(18)35-3/h5-16H,4,17H2,1-3H3,(H,29,33)/b28-16+. The number of ether oxygens (including phenoxy) is 3. The minimum absolute atomic E-state index is 0.0782. The maximum atomic E-state index is 12.5. The van der Waals surface area contributed by atoms with E-state index in [4.69, 9.17) is 14.2 Å². The van der Waals surface area contributed by atoms with Crippen molar-refractivity contribution in [3.63, 3.8) is 0 Å². The lowest BCUT2D eigenvalue weighted by Gasteiger charge is -2.11. The van der Waals surface area contributed by atoms with Crippen LogP contribution in [0.4, 0.5) is 0 Å². The second-order valence-electron chi connectivity index (χ2n) is 7.47. The highest BCUT2D eigenvalue weighted by molar-refractivity contribution is 7.99. The molecule has 37 heavy (non-hydrogen) atoms. The fraction of sp³-hybridized carbons (Fsp3) is 0.192. The summed E-state index contributed by atoms with van der Waals surface area (Å²) in [5.41, 5.74) is 4.85. The molecule has 0 bridgehead atoms. The number of amides is 1. The van der Waals surface area contributed by atoms with Gasteiger partial charge in [-0.05, 0) is 55.5 Å². The number of para-hydroxylation sites is 1. The Hall–Kier alpha value is -4.38. The van der Waals surface area contributed by atoms with Crippen molar-refractivity contribution >= 4 is 23.9 Å². The zero-order valence-corrected chi connectivity index (χ0v) is 21.4. The van der Waals surface area contributed by atoms with Crippen molar-refractivity contribution in [2.24, 2.45) is 5.10 Å². The summed E-state index contributed by atoms with van der Waals surface area (Å²) in [5, 5.41) is 13.3. The van der Waals surface area contributed by atoms with E-state index in [1.54, 1.807) is 32.7 Å².